The Balaban J connectivity index is 1.24. The monoisotopic (exact) mass is 418 g/mol. The summed E-state index contributed by atoms with van der Waals surface area (Å²) >= 11 is 0. The largest absolute Gasteiger partial charge is 0.370 e. The molecule has 0 radical (unpaired) electrons. The molecule has 2 unspecified atom stereocenters. The number of rotatable bonds is 4. The minimum absolute atomic E-state index is 0.592. The van der Waals surface area contributed by atoms with Crippen LogP contribution in [-0.4, -0.2) is 23.1 Å². The van der Waals surface area contributed by atoms with E-state index in [1.165, 1.54) is 50.5 Å². The summed E-state index contributed by atoms with van der Waals surface area (Å²) in [6.45, 7) is 5.72. The highest BCUT2D eigenvalue weighted by molar-refractivity contribution is 5.62. The molecule has 2 aromatic rings. The van der Waals surface area contributed by atoms with Crippen molar-refractivity contribution in [3.63, 3.8) is 0 Å². The van der Waals surface area contributed by atoms with Crippen LogP contribution in [0.5, 0.6) is 0 Å². The molecule has 3 atom stereocenters. The molecule has 3 fully saturated rings. The maximum atomic E-state index is 5.74. The normalized spacial score (nSPS) is 28.0. The van der Waals surface area contributed by atoms with E-state index >= 15 is 0 Å². The third-order valence-electron chi connectivity index (χ3n) is 8.09. The van der Waals surface area contributed by atoms with E-state index in [2.05, 4.69) is 41.4 Å². The summed E-state index contributed by atoms with van der Waals surface area (Å²) in [4.78, 5) is 12.3. The second-order valence-corrected chi connectivity index (χ2v) is 10.2. The van der Waals surface area contributed by atoms with E-state index in [0.717, 1.165) is 65.5 Å². The lowest BCUT2D eigenvalue weighted by atomic mass is 9.84. The average molecular weight is 419 g/mol. The number of fused-ring (bicyclic) bond motifs is 2. The molecule has 0 amide bonds. The summed E-state index contributed by atoms with van der Waals surface area (Å²) < 4.78 is 5.74. The van der Waals surface area contributed by atoms with Crippen LogP contribution in [0.25, 0.3) is 0 Å². The number of nitrogens with zero attached hydrogens (tertiary/aromatic N) is 3. The fraction of sp³-hybridized carbons (Fsp3) is 0.615. The Hall–Kier alpha value is -2.14. The standard InChI is InChI=1S/C26H34N4O/c1-17-14-30(12-11-20-13-22(17)20)26-28-24-16-31-15-23(24)25(29-26)27-21-9-7-19(8-10-21)18-5-3-2-4-6-18/h7-10,17-18,20,22H,2-6,11-16H2,1H3,(H,27,28,29)/t17-,20?,22?/m1/s1. The van der Waals surface area contributed by atoms with Gasteiger partial charge in [-0.1, -0.05) is 38.3 Å². The summed E-state index contributed by atoms with van der Waals surface area (Å²) in [5, 5.41) is 3.60. The van der Waals surface area contributed by atoms with Gasteiger partial charge in [0.25, 0.3) is 0 Å². The first-order chi connectivity index (χ1) is 15.2. The zero-order chi connectivity index (χ0) is 20.8. The van der Waals surface area contributed by atoms with E-state index < -0.39 is 0 Å². The van der Waals surface area contributed by atoms with Crippen LogP contribution in [0, 0.1) is 17.8 Å². The maximum absolute atomic E-state index is 5.74. The molecule has 5 nitrogen and oxygen atoms in total. The van der Waals surface area contributed by atoms with Gasteiger partial charge in [0.05, 0.1) is 18.9 Å². The Morgan fingerprint density at radius 1 is 1.00 bits per heavy atom. The highest BCUT2D eigenvalue weighted by Crippen LogP contribution is 2.49. The molecule has 6 rings (SSSR count). The fourth-order valence-electron chi connectivity index (χ4n) is 6.07. The lowest BCUT2D eigenvalue weighted by molar-refractivity contribution is 0.133. The molecule has 2 aliphatic carbocycles. The molecule has 2 saturated carbocycles. The van der Waals surface area contributed by atoms with Crippen molar-refractivity contribution in [2.75, 3.05) is 23.3 Å². The molecule has 164 valence electrons. The molecule has 2 aliphatic heterocycles. The Kier molecular flexibility index (Phi) is 5.10. The van der Waals surface area contributed by atoms with Crippen LogP contribution < -0.4 is 10.2 Å². The summed E-state index contributed by atoms with van der Waals surface area (Å²) in [7, 11) is 0. The SMILES string of the molecule is C[C@@H]1CN(c2nc3c(c(Nc4ccc(C5CCCCC5)cc4)n2)COC3)CCC2CC21. The zero-order valence-electron chi connectivity index (χ0n) is 18.6. The van der Waals surface area contributed by atoms with Gasteiger partial charge in [0.1, 0.15) is 5.82 Å². The van der Waals surface area contributed by atoms with E-state index in [9.17, 15) is 0 Å². The Bertz CT molecular complexity index is 937. The highest BCUT2D eigenvalue weighted by Gasteiger charge is 2.43. The van der Waals surface area contributed by atoms with Crippen molar-refractivity contribution in [1.82, 2.24) is 9.97 Å². The minimum Gasteiger partial charge on any atom is -0.370 e. The molecular formula is C26H34N4O. The molecule has 1 aromatic heterocycles. The topological polar surface area (TPSA) is 50.3 Å². The van der Waals surface area contributed by atoms with E-state index in [1.54, 1.807) is 0 Å². The average Bonchev–Trinajstić information content (AvgIpc) is 3.46. The first kappa shape index (κ1) is 19.5. The van der Waals surface area contributed by atoms with E-state index in [1.807, 2.05) is 0 Å². The van der Waals surface area contributed by atoms with E-state index in [-0.39, 0.29) is 0 Å². The molecule has 31 heavy (non-hydrogen) atoms. The number of hydrogen-bond donors (Lipinski definition) is 1. The van der Waals surface area contributed by atoms with Gasteiger partial charge in [-0.15, -0.1) is 0 Å². The molecule has 5 heteroatoms. The van der Waals surface area contributed by atoms with Gasteiger partial charge in [-0.2, -0.15) is 4.98 Å². The predicted molar refractivity (Wildman–Crippen MR) is 124 cm³/mol. The van der Waals surface area contributed by atoms with Crippen LogP contribution in [0.1, 0.15) is 74.6 Å². The van der Waals surface area contributed by atoms with Crippen molar-refractivity contribution in [1.29, 1.82) is 0 Å². The molecule has 1 aromatic carbocycles. The molecule has 4 aliphatic rings. The predicted octanol–water partition coefficient (Wildman–Crippen LogP) is 5.78. The molecule has 1 N–H and O–H groups in total. The Labute approximate surface area is 185 Å². The summed E-state index contributed by atoms with van der Waals surface area (Å²) in [5.41, 5.74) is 4.75. The maximum Gasteiger partial charge on any atom is 0.227 e. The summed E-state index contributed by atoms with van der Waals surface area (Å²) in [6, 6.07) is 9.05. The Morgan fingerprint density at radius 3 is 2.68 bits per heavy atom. The van der Waals surface area contributed by atoms with Crippen LogP contribution in [0.2, 0.25) is 0 Å². The first-order valence-corrected chi connectivity index (χ1v) is 12.3. The molecular weight excluding hydrogens is 384 g/mol. The third kappa shape index (κ3) is 3.93. The number of ether oxygens (including phenoxy) is 1. The highest BCUT2D eigenvalue weighted by atomic mass is 16.5. The van der Waals surface area contributed by atoms with E-state index in [0.29, 0.717) is 13.2 Å². The number of benzene rings is 1. The molecule has 3 heterocycles. The lowest BCUT2D eigenvalue weighted by Gasteiger charge is -2.25. The first-order valence-electron chi connectivity index (χ1n) is 12.3. The molecule has 0 spiro atoms. The molecule has 1 saturated heterocycles. The number of anilines is 3. The summed E-state index contributed by atoms with van der Waals surface area (Å²) in [6.07, 6.45) is 9.52. The number of hydrogen-bond acceptors (Lipinski definition) is 5. The van der Waals surface area contributed by atoms with Gasteiger partial charge >= 0.3 is 0 Å². The second-order valence-electron chi connectivity index (χ2n) is 10.2. The van der Waals surface area contributed by atoms with Gasteiger partial charge in [-0.3, -0.25) is 0 Å². The van der Waals surface area contributed by atoms with Crippen LogP contribution in [0.15, 0.2) is 24.3 Å². The Morgan fingerprint density at radius 2 is 1.84 bits per heavy atom. The van der Waals surface area contributed by atoms with Crippen molar-refractivity contribution in [3.8, 4) is 0 Å². The minimum atomic E-state index is 0.592. The van der Waals surface area contributed by atoms with E-state index in [4.69, 9.17) is 14.7 Å². The van der Waals surface area contributed by atoms with Crippen LogP contribution in [-0.2, 0) is 18.0 Å². The van der Waals surface area contributed by atoms with Gasteiger partial charge in [0.15, 0.2) is 0 Å². The van der Waals surface area contributed by atoms with Crippen LogP contribution >= 0.6 is 0 Å². The zero-order valence-corrected chi connectivity index (χ0v) is 18.6. The van der Waals surface area contributed by atoms with Gasteiger partial charge in [-0.05, 0) is 67.1 Å². The van der Waals surface area contributed by atoms with Gasteiger partial charge in [0, 0.05) is 24.3 Å². The van der Waals surface area contributed by atoms with Gasteiger partial charge in [-0.25, -0.2) is 4.98 Å². The number of nitrogens with one attached hydrogen (secondary N) is 1. The van der Waals surface area contributed by atoms with Crippen molar-refractivity contribution in [2.24, 2.45) is 17.8 Å². The summed E-state index contributed by atoms with van der Waals surface area (Å²) in [5.74, 6) is 5.11. The molecule has 0 bridgehead atoms. The second kappa shape index (κ2) is 8.09. The van der Waals surface area contributed by atoms with Crippen LogP contribution in [0.4, 0.5) is 17.5 Å². The van der Waals surface area contributed by atoms with Gasteiger partial charge < -0.3 is 15.0 Å². The third-order valence-corrected chi connectivity index (χ3v) is 8.09. The quantitative estimate of drug-likeness (QED) is 0.682. The smallest absolute Gasteiger partial charge is 0.227 e. The van der Waals surface area contributed by atoms with Crippen LogP contribution in [0.3, 0.4) is 0 Å². The fourth-order valence-corrected chi connectivity index (χ4v) is 6.07. The van der Waals surface area contributed by atoms with Crippen molar-refractivity contribution < 1.29 is 4.74 Å². The van der Waals surface area contributed by atoms with Crippen molar-refractivity contribution >= 4 is 17.5 Å². The van der Waals surface area contributed by atoms with Crippen molar-refractivity contribution in [3.05, 3.63) is 41.1 Å². The number of aromatic nitrogens is 2. The van der Waals surface area contributed by atoms with Crippen molar-refractivity contribution in [2.45, 2.75) is 71.0 Å². The lowest BCUT2D eigenvalue weighted by Crippen LogP contribution is -2.30. The van der Waals surface area contributed by atoms with Gasteiger partial charge in [0.2, 0.25) is 5.95 Å².